The summed E-state index contributed by atoms with van der Waals surface area (Å²) in [7, 11) is 0. The van der Waals surface area contributed by atoms with Crippen LogP contribution in [-0.2, 0) is 0 Å². The summed E-state index contributed by atoms with van der Waals surface area (Å²) >= 11 is 0. The van der Waals surface area contributed by atoms with Crippen LogP contribution in [0.5, 0.6) is 0 Å². The van der Waals surface area contributed by atoms with Crippen molar-refractivity contribution in [2.45, 2.75) is 31.6 Å². The highest BCUT2D eigenvalue weighted by Gasteiger charge is 2.25. The smallest absolute Gasteiger partial charge is 0.0455 e. The molecule has 2 aliphatic rings. The largest absolute Gasteiger partial charge is 0.371 e. The Morgan fingerprint density at radius 3 is 2.71 bits per heavy atom. The lowest BCUT2D eigenvalue weighted by molar-refractivity contribution is 0.948. The third-order valence-corrected chi connectivity index (χ3v) is 3.23. The molecule has 0 spiro atoms. The summed E-state index contributed by atoms with van der Waals surface area (Å²) in [5.74, 6) is 0.776. The monoisotopic (exact) mass is 188 g/mol. The molecule has 0 bridgehead atoms. The number of hydrogen-bond donors (Lipinski definition) is 0. The average molecular weight is 188 g/mol. The fourth-order valence-corrected chi connectivity index (χ4v) is 2.21. The van der Waals surface area contributed by atoms with Crippen LogP contribution in [0.4, 0.5) is 5.69 Å². The first kappa shape index (κ1) is 8.27. The average Bonchev–Trinajstić information content (AvgIpc) is 2.94. The van der Waals surface area contributed by atoms with E-state index in [9.17, 15) is 0 Å². The van der Waals surface area contributed by atoms with E-state index in [0.29, 0.717) is 0 Å². The first-order chi connectivity index (χ1) is 6.93. The summed E-state index contributed by atoms with van der Waals surface area (Å²) in [5, 5.41) is 0. The van der Waals surface area contributed by atoms with Gasteiger partial charge in [0.25, 0.3) is 0 Å². The van der Waals surface area contributed by atoms with Crippen LogP contribution in [0, 0.1) is 0 Å². The van der Waals surface area contributed by atoms with E-state index in [-0.39, 0.29) is 0 Å². The van der Waals surface area contributed by atoms with Crippen molar-refractivity contribution in [1.82, 2.24) is 4.98 Å². The molecule has 3 rings (SSSR count). The predicted molar refractivity (Wildman–Crippen MR) is 57.7 cm³/mol. The normalized spacial score (nSPS) is 21.6. The maximum Gasteiger partial charge on any atom is 0.0455 e. The van der Waals surface area contributed by atoms with Crippen LogP contribution in [0.15, 0.2) is 18.3 Å². The van der Waals surface area contributed by atoms with E-state index in [4.69, 9.17) is 0 Å². The van der Waals surface area contributed by atoms with E-state index in [1.165, 1.54) is 50.2 Å². The lowest BCUT2D eigenvalue weighted by Crippen LogP contribution is -2.17. The van der Waals surface area contributed by atoms with Crippen LogP contribution < -0.4 is 4.90 Å². The van der Waals surface area contributed by atoms with E-state index in [2.05, 4.69) is 22.0 Å². The number of hydrogen-bond acceptors (Lipinski definition) is 2. The molecule has 2 heterocycles. The summed E-state index contributed by atoms with van der Waals surface area (Å²) in [5.41, 5.74) is 2.70. The molecule has 0 radical (unpaired) electrons. The van der Waals surface area contributed by atoms with Gasteiger partial charge in [-0.2, -0.15) is 0 Å². The first-order valence-electron chi connectivity index (χ1n) is 5.64. The molecule has 1 saturated heterocycles. The Bertz CT molecular complexity index is 325. The van der Waals surface area contributed by atoms with Crippen LogP contribution in [0.2, 0.25) is 0 Å². The summed E-state index contributed by atoms with van der Waals surface area (Å²) in [6.45, 7) is 2.46. The van der Waals surface area contributed by atoms with Gasteiger partial charge in [-0.15, -0.1) is 0 Å². The minimum absolute atomic E-state index is 0.776. The second-order valence-corrected chi connectivity index (χ2v) is 4.41. The molecular weight excluding hydrogens is 172 g/mol. The first-order valence-corrected chi connectivity index (χ1v) is 5.64. The van der Waals surface area contributed by atoms with Crippen molar-refractivity contribution < 1.29 is 0 Å². The molecule has 74 valence electrons. The van der Waals surface area contributed by atoms with E-state index in [0.717, 1.165) is 5.92 Å². The Labute approximate surface area is 85.0 Å². The topological polar surface area (TPSA) is 16.1 Å². The predicted octanol–water partition coefficient (Wildman–Crippen LogP) is 2.56. The van der Waals surface area contributed by atoms with E-state index < -0.39 is 0 Å². The Hall–Kier alpha value is -1.05. The quantitative estimate of drug-likeness (QED) is 0.709. The molecule has 2 fully saturated rings. The summed E-state index contributed by atoms with van der Waals surface area (Å²) in [6, 6.07) is 4.44. The fourth-order valence-electron chi connectivity index (χ4n) is 2.21. The zero-order valence-electron chi connectivity index (χ0n) is 8.45. The van der Waals surface area contributed by atoms with Crippen molar-refractivity contribution in [2.24, 2.45) is 0 Å². The number of aromatic nitrogens is 1. The SMILES string of the molecule is c1cc(N2CCCC2)cc(C2CC2)n1. The molecule has 0 aromatic carbocycles. The second-order valence-electron chi connectivity index (χ2n) is 4.41. The number of pyridine rings is 1. The van der Waals surface area contributed by atoms with Crippen molar-refractivity contribution in [2.75, 3.05) is 18.0 Å². The van der Waals surface area contributed by atoms with Gasteiger partial charge in [0.1, 0.15) is 0 Å². The van der Waals surface area contributed by atoms with Gasteiger partial charge in [-0.25, -0.2) is 0 Å². The van der Waals surface area contributed by atoms with Gasteiger partial charge in [-0.3, -0.25) is 4.98 Å². The van der Waals surface area contributed by atoms with E-state index >= 15 is 0 Å². The number of anilines is 1. The molecule has 1 aromatic heterocycles. The van der Waals surface area contributed by atoms with Gasteiger partial charge in [0.15, 0.2) is 0 Å². The molecular formula is C12H16N2. The van der Waals surface area contributed by atoms with Gasteiger partial charge in [0.05, 0.1) is 0 Å². The zero-order valence-corrected chi connectivity index (χ0v) is 8.45. The minimum Gasteiger partial charge on any atom is -0.371 e. The van der Waals surface area contributed by atoms with Gasteiger partial charge in [-0.05, 0) is 37.8 Å². The lowest BCUT2D eigenvalue weighted by Gasteiger charge is -2.17. The van der Waals surface area contributed by atoms with Crippen molar-refractivity contribution in [3.8, 4) is 0 Å². The molecule has 0 atom stereocenters. The van der Waals surface area contributed by atoms with E-state index in [1.807, 2.05) is 6.20 Å². The maximum absolute atomic E-state index is 4.45. The highest BCUT2D eigenvalue weighted by molar-refractivity contribution is 5.48. The standard InChI is InChI=1S/C12H16N2/c1-2-8-14(7-1)11-5-6-13-12(9-11)10-3-4-10/h5-6,9-10H,1-4,7-8H2. The van der Waals surface area contributed by atoms with Crippen LogP contribution in [0.3, 0.4) is 0 Å². The molecule has 1 aliphatic heterocycles. The minimum atomic E-state index is 0.776. The van der Waals surface area contributed by atoms with Crippen LogP contribution >= 0.6 is 0 Å². The summed E-state index contributed by atoms with van der Waals surface area (Å²) in [6.07, 6.45) is 7.36. The van der Waals surface area contributed by atoms with Crippen molar-refractivity contribution in [3.05, 3.63) is 24.0 Å². The summed E-state index contributed by atoms with van der Waals surface area (Å²) in [4.78, 5) is 6.93. The van der Waals surface area contributed by atoms with Gasteiger partial charge in [0, 0.05) is 36.6 Å². The maximum atomic E-state index is 4.45. The molecule has 1 aliphatic carbocycles. The summed E-state index contributed by atoms with van der Waals surface area (Å²) < 4.78 is 0. The molecule has 14 heavy (non-hydrogen) atoms. The third kappa shape index (κ3) is 1.49. The lowest BCUT2D eigenvalue weighted by atomic mass is 10.2. The molecule has 0 unspecified atom stereocenters. The molecule has 2 nitrogen and oxygen atoms in total. The number of rotatable bonds is 2. The van der Waals surface area contributed by atoms with Gasteiger partial charge >= 0.3 is 0 Å². The molecule has 0 N–H and O–H groups in total. The van der Waals surface area contributed by atoms with Crippen LogP contribution in [-0.4, -0.2) is 18.1 Å². The molecule has 1 aromatic rings. The van der Waals surface area contributed by atoms with Crippen LogP contribution in [0.1, 0.15) is 37.3 Å². The van der Waals surface area contributed by atoms with Gasteiger partial charge in [0.2, 0.25) is 0 Å². The Kier molecular flexibility index (Phi) is 1.93. The van der Waals surface area contributed by atoms with Gasteiger partial charge in [-0.1, -0.05) is 0 Å². The number of nitrogens with zero attached hydrogens (tertiary/aromatic N) is 2. The third-order valence-electron chi connectivity index (χ3n) is 3.23. The van der Waals surface area contributed by atoms with Crippen molar-refractivity contribution in [3.63, 3.8) is 0 Å². The van der Waals surface area contributed by atoms with Crippen LogP contribution in [0.25, 0.3) is 0 Å². The molecule has 0 amide bonds. The highest BCUT2D eigenvalue weighted by atomic mass is 15.1. The second kappa shape index (κ2) is 3.26. The van der Waals surface area contributed by atoms with Crippen molar-refractivity contribution >= 4 is 5.69 Å². The fraction of sp³-hybridized carbons (Fsp3) is 0.583. The Morgan fingerprint density at radius 1 is 1.21 bits per heavy atom. The Balaban J connectivity index is 1.85. The van der Waals surface area contributed by atoms with Crippen molar-refractivity contribution in [1.29, 1.82) is 0 Å². The van der Waals surface area contributed by atoms with Gasteiger partial charge < -0.3 is 4.90 Å². The molecule has 1 saturated carbocycles. The molecule has 2 heteroatoms. The zero-order chi connectivity index (χ0) is 9.38. The Morgan fingerprint density at radius 2 is 2.00 bits per heavy atom. The highest BCUT2D eigenvalue weighted by Crippen LogP contribution is 2.39. The van der Waals surface area contributed by atoms with E-state index in [1.54, 1.807) is 0 Å².